The average molecular weight is 263 g/mol. The Bertz CT molecular complexity index is 521. The number of nitrogens with zero attached hydrogens (tertiary/aromatic N) is 2. The van der Waals surface area contributed by atoms with Crippen LogP contribution in [0.2, 0.25) is 0 Å². The van der Waals surface area contributed by atoms with Gasteiger partial charge in [-0.1, -0.05) is 23.4 Å². The van der Waals surface area contributed by atoms with E-state index >= 15 is 0 Å². The minimum absolute atomic E-state index is 0.379. The van der Waals surface area contributed by atoms with Crippen LogP contribution in [-0.4, -0.2) is 24.5 Å². The number of nitriles is 1. The summed E-state index contributed by atoms with van der Waals surface area (Å²) in [6.07, 6.45) is 3.58. The van der Waals surface area contributed by atoms with Crippen LogP contribution in [0, 0.1) is 18.4 Å². The third kappa shape index (κ3) is 3.50. The zero-order valence-electron chi connectivity index (χ0n) is 10.4. The van der Waals surface area contributed by atoms with Crippen LogP contribution in [-0.2, 0) is 4.74 Å². The van der Waals surface area contributed by atoms with Crippen LogP contribution in [0.1, 0.15) is 15.9 Å². The molecule has 0 radical (unpaired) electrons. The molecule has 0 atom stereocenters. The molecule has 0 aliphatic carbocycles. The Morgan fingerprint density at radius 1 is 1.56 bits per heavy atom. The average Bonchev–Trinajstić information content (AvgIpc) is 2.39. The fourth-order valence-electron chi connectivity index (χ4n) is 1.30. The number of hydrogen-bond donors (Lipinski definition) is 1. The van der Waals surface area contributed by atoms with Gasteiger partial charge < -0.3 is 4.74 Å². The normalized spacial score (nSPS) is 10.7. The van der Waals surface area contributed by atoms with E-state index in [9.17, 15) is 4.79 Å². The maximum Gasteiger partial charge on any atom is 0.340 e. The number of aliphatic imine (C=N–C) groups is 1. The lowest BCUT2D eigenvalue weighted by atomic mass is 10.1. The third-order valence-corrected chi connectivity index (χ3v) is 2.72. The van der Waals surface area contributed by atoms with Crippen LogP contribution in [0.4, 0.5) is 5.69 Å². The Hall–Kier alpha value is -2.00. The quantitative estimate of drug-likeness (QED) is 0.291. The lowest BCUT2D eigenvalue weighted by Gasteiger charge is -2.06. The Morgan fingerprint density at radius 3 is 2.83 bits per heavy atom. The van der Waals surface area contributed by atoms with E-state index in [4.69, 9.17) is 10.00 Å². The monoisotopic (exact) mass is 263 g/mol. The molecule has 0 heterocycles. The van der Waals surface area contributed by atoms with Gasteiger partial charge in [-0.25, -0.2) is 9.79 Å². The molecule has 5 nitrogen and oxygen atoms in total. The van der Waals surface area contributed by atoms with Crippen molar-refractivity contribution in [1.29, 1.82) is 5.26 Å². The van der Waals surface area contributed by atoms with Gasteiger partial charge in [-0.3, -0.25) is 5.32 Å². The van der Waals surface area contributed by atoms with Crippen molar-refractivity contribution in [3.63, 3.8) is 0 Å². The van der Waals surface area contributed by atoms with Crippen molar-refractivity contribution in [2.75, 3.05) is 13.4 Å². The highest BCUT2D eigenvalue weighted by Gasteiger charge is 2.12. The minimum atomic E-state index is -0.449. The van der Waals surface area contributed by atoms with Gasteiger partial charge in [-0.05, 0) is 25.3 Å². The standard InChI is InChI=1S/C12H13N3O2S/c1-8-4-5-10(9(6-8)11(16)17-2)15-12(18-3)14-7-13/h4-6H,1-3H3,(H,14,15). The van der Waals surface area contributed by atoms with Crippen molar-refractivity contribution in [2.45, 2.75) is 6.92 Å². The molecule has 0 amide bonds. The van der Waals surface area contributed by atoms with Crippen molar-refractivity contribution in [2.24, 2.45) is 4.99 Å². The topological polar surface area (TPSA) is 74.5 Å². The first-order chi connectivity index (χ1) is 8.62. The zero-order valence-corrected chi connectivity index (χ0v) is 11.2. The van der Waals surface area contributed by atoms with Crippen molar-refractivity contribution >= 4 is 28.6 Å². The van der Waals surface area contributed by atoms with E-state index in [-0.39, 0.29) is 0 Å². The van der Waals surface area contributed by atoms with Gasteiger partial charge in [0.1, 0.15) is 0 Å². The van der Waals surface area contributed by atoms with Gasteiger partial charge in [0.05, 0.1) is 18.4 Å². The summed E-state index contributed by atoms with van der Waals surface area (Å²) in [7, 11) is 1.32. The maximum absolute atomic E-state index is 11.6. The number of carbonyl (C=O) groups is 1. The predicted molar refractivity (Wildman–Crippen MR) is 71.9 cm³/mol. The number of nitrogens with one attached hydrogen (secondary N) is 1. The number of hydrogen-bond acceptors (Lipinski definition) is 5. The molecular weight excluding hydrogens is 250 g/mol. The number of amidine groups is 1. The van der Waals surface area contributed by atoms with Gasteiger partial charge in [0.2, 0.25) is 0 Å². The molecular formula is C12H13N3O2S. The highest BCUT2D eigenvalue weighted by Crippen LogP contribution is 2.22. The molecule has 1 rings (SSSR count). The van der Waals surface area contributed by atoms with Crippen molar-refractivity contribution < 1.29 is 9.53 Å². The summed E-state index contributed by atoms with van der Waals surface area (Å²) < 4.78 is 4.71. The SMILES string of the molecule is COC(=O)c1cc(C)ccc1N=C(NC#N)SC. The Balaban J connectivity index is 3.23. The molecule has 0 aliphatic heterocycles. The Morgan fingerprint density at radius 2 is 2.28 bits per heavy atom. The Labute approximate surface area is 110 Å². The second kappa shape index (κ2) is 6.67. The third-order valence-electron chi connectivity index (χ3n) is 2.14. The van der Waals surface area contributed by atoms with E-state index in [1.54, 1.807) is 24.6 Å². The highest BCUT2D eigenvalue weighted by molar-refractivity contribution is 8.13. The van der Waals surface area contributed by atoms with Crippen LogP contribution in [0.25, 0.3) is 0 Å². The largest absolute Gasteiger partial charge is 0.465 e. The summed E-state index contributed by atoms with van der Waals surface area (Å²) in [5.74, 6) is -0.449. The van der Waals surface area contributed by atoms with E-state index in [1.807, 2.05) is 13.0 Å². The molecule has 1 aromatic carbocycles. The number of ether oxygens (including phenoxy) is 1. The number of methoxy groups -OCH3 is 1. The molecule has 6 heteroatoms. The van der Waals surface area contributed by atoms with Gasteiger partial charge in [-0.15, -0.1) is 0 Å². The van der Waals surface area contributed by atoms with Crippen LogP contribution < -0.4 is 5.32 Å². The van der Waals surface area contributed by atoms with Crippen LogP contribution in [0.3, 0.4) is 0 Å². The van der Waals surface area contributed by atoms with Crippen molar-refractivity contribution in [3.8, 4) is 6.19 Å². The number of carbonyl (C=O) groups excluding carboxylic acids is 1. The summed E-state index contributed by atoms with van der Waals surface area (Å²) in [5, 5.41) is 11.4. The fraction of sp³-hybridized carbons (Fsp3) is 0.250. The molecule has 0 bridgehead atoms. The summed E-state index contributed by atoms with van der Waals surface area (Å²) >= 11 is 1.29. The Kier molecular flexibility index (Phi) is 5.21. The van der Waals surface area contributed by atoms with Gasteiger partial charge in [0.25, 0.3) is 0 Å². The lowest BCUT2D eigenvalue weighted by molar-refractivity contribution is 0.0601. The summed E-state index contributed by atoms with van der Waals surface area (Å²) in [5.41, 5.74) is 1.79. The predicted octanol–water partition coefficient (Wildman–Crippen LogP) is 2.20. The smallest absolute Gasteiger partial charge is 0.340 e. The molecule has 0 spiro atoms. The van der Waals surface area contributed by atoms with E-state index < -0.39 is 5.97 Å². The van der Waals surface area contributed by atoms with E-state index in [2.05, 4.69) is 10.3 Å². The summed E-state index contributed by atoms with van der Waals surface area (Å²) in [6, 6.07) is 5.27. The highest BCUT2D eigenvalue weighted by atomic mass is 32.2. The van der Waals surface area contributed by atoms with Crippen LogP contribution >= 0.6 is 11.8 Å². The first kappa shape index (κ1) is 14.1. The second-order valence-electron chi connectivity index (χ2n) is 3.37. The lowest BCUT2D eigenvalue weighted by Crippen LogP contribution is -2.13. The summed E-state index contributed by atoms with van der Waals surface area (Å²) in [6.45, 7) is 1.88. The first-order valence-electron chi connectivity index (χ1n) is 5.09. The van der Waals surface area contributed by atoms with Gasteiger partial charge in [0, 0.05) is 0 Å². The van der Waals surface area contributed by atoms with E-state index in [0.717, 1.165) is 5.56 Å². The summed E-state index contributed by atoms with van der Waals surface area (Å²) in [4.78, 5) is 15.9. The molecule has 0 aliphatic rings. The maximum atomic E-state index is 11.6. The van der Waals surface area contributed by atoms with E-state index in [0.29, 0.717) is 16.4 Å². The van der Waals surface area contributed by atoms with Gasteiger partial charge in [0.15, 0.2) is 11.4 Å². The molecule has 1 aromatic rings. The van der Waals surface area contributed by atoms with E-state index in [1.165, 1.54) is 18.9 Å². The molecule has 0 fully saturated rings. The minimum Gasteiger partial charge on any atom is -0.465 e. The zero-order chi connectivity index (χ0) is 13.5. The molecule has 1 N–H and O–H groups in total. The van der Waals surface area contributed by atoms with Crippen LogP contribution in [0.15, 0.2) is 23.2 Å². The first-order valence-corrected chi connectivity index (χ1v) is 6.31. The number of thioether (sulfide) groups is 1. The van der Waals surface area contributed by atoms with Crippen molar-refractivity contribution in [3.05, 3.63) is 29.3 Å². The van der Waals surface area contributed by atoms with Crippen LogP contribution in [0.5, 0.6) is 0 Å². The number of esters is 1. The second-order valence-corrected chi connectivity index (χ2v) is 4.17. The van der Waals surface area contributed by atoms with Gasteiger partial charge in [-0.2, -0.15) is 5.26 Å². The number of aryl methyl sites for hydroxylation is 1. The molecule has 18 heavy (non-hydrogen) atoms. The molecule has 0 saturated carbocycles. The fourth-order valence-corrected chi connectivity index (χ4v) is 1.64. The number of rotatable bonds is 2. The molecule has 0 saturated heterocycles. The molecule has 0 aromatic heterocycles. The number of benzene rings is 1. The van der Waals surface area contributed by atoms with Gasteiger partial charge >= 0.3 is 5.97 Å². The molecule has 94 valence electrons. The van der Waals surface area contributed by atoms with Crippen molar-refractivity contribution in [1.82, 2.24) is 5.32 Å². The molecule has 0 unspecified atom stereocenters.